The van der Waals surface area contributed by atoms with Crippen LogP contribution in [0.25, 0.3) is 5.69 Å². The zero-order chi connectivity index (χ0) is 23.1. The van der Waals surface area contributed by atoms with E-state index in [2.05, 4.69) is 51.6 Å². The van der Waals surface area contributed by atoms with Gasteiger partial charge in [-0.05, 0) is 49.6 Å². The molecular formula is C24H24ClN9. The van der Waals surface area contributed by atoms with Crippen molar-refractivity contribution in [2.24, 2.45) is 5.41 Å². The minimum absolute atomic E-state index is 0.268. The van der Waals surface area contributed by atoms with Gasteiger partial charge in [-0.3, -0.25) is 9.47 Å². The number of hydrogen-bond donors (Lipinski definition) is 0. The molecule has 10 heteroatoms. The third-order valence-electron chi connectivity index (χ3n) is 7.70. The Morgan fingerprint density at radius 2 is 1.82 bits per heavy atom. The zero-order valence-corrected chi connectivity index (χ0v) is 19.7. The predicted molar refractivity (Wildman–Crippen MR) is 127 cm³/mol. The van der Waals surface area contributed by atoms with Gasteiger partial charge in [-0.1, -0.05) is 11.6 Å². The fourth-order valence-corrected chi connectivity index (χ4v) is 5.96. The van der Waals surface area contributed by atoms with Gasteiger partial charge in [0, 0.05) is 49.4 Å². The topological polar surface area (TPSA) is 90.0 Å². The van der Waals surface area contributed by atoms with E-state index >= 15 is 0 Å². The van der Waals surface area contributed by atoms with Crippen LogP contribution in [0.2, 0.25) is 5.02 Å². The van der Waals surface area contributed by atoms with Crippen molar-refractivity contribution in [2.75, 3.05) is 36.0 Å². The summed E-state index contributed by atoms with van der Waals surface area (Å²) in [5.74, 6) is 3.57. The summed E-state index contributed by atoms with van der Waals surface area (Å²) in [5.41, 5.74) is 2.04. The summed E-state index contributed by atoms with van der Waals surface area (Å²) in [7, 11) is 0. The number of benzene rings is 1. The SMILES string of the molecule is Cc1nccc(N2CC3(C2)CN(c2nnc4n2-c2ccc(Cl)cc2CN(C2(C#N)CC2)C4)C3)n1. The van der Waals surface area contributed by atoms with E-state index in [0.29, 0.717) is 18.1 Å². The average molecular weight is 474 g/mol. The van der Waals surface area contributed by atoms with Gasteiger partial charge in [0.1, 0.15) is 17.2 Å². The van der Waals surface area contributed by atoms with Crippen molar-refractivity contribution in [2.45, 2.75) is 38.4 Å². The average Bonchev–Trinajstić information content (AvgIpc) is 3.50. The second-order valence-corrected chi connectivity index (χ2v) is 10.6. The fourth-order valence-electron chi connectivity index (χ4n) is 5.76. The molecule has 0 unspecified atom stereocenters. The van der Waals surface area contributed by atoms with Crippen molar-refractivity contribution in [3.63, 3.8) is 0 Å². The zero-order valence-electron chi connectivity index (χ0n) is 18.9. The fraction of sp³-hybridized carbons (Fsp3) is 0.458. The largest absolute Gasteiger partial charge is 0.355 e. The molecule has 5 heterocycles. The van der Waals surface area contributed by atoms with Crippen LogP contribution in [0, 0.1) is 23.7 Å². The molecule has 0 radical (unpaired) electrons. The smallest absolute Gasteiger partial charge is 0.231 e. The quantitative estimate of drug-likeness (QED) is 0.573. The first kappa shape index (κ1) is 20.2. The van der Waals surface area contributed by atoms with Crippen LogP contribution < -0.4 is 9.80 Å². The van der Waals surface area contributed by atoms with E-state index in [4.69, 9.17) is 11.6 Å². The molecule has 7 rings (SSSR count). The van der Waals surface area contributed by atoms with Crippen molar-refractivity contribution in [3.05, 3.63) is 52.7 Å². The molecule has 3 fully saturated rings. The summed E-state index contributed by atoms with van der Waals surface area (Å²) in [6, 6.07) is 10.5. The van der Waals surface area contributed by atoms with Gasteiger partial charge in [0.05, 0.1) is 18.3 Å². The molecule has 2 aromatic heterocycles. The van der Waals surface area contributed by atoms with E-state index in [-0.39, 0.29) is 5.41 Å². The summed E-state index contributed by atoms with van der Waals surface area (Å²) in [4.78, 5) is 15.7. The van der Waals surface area contributed by atoms with Crippen molar-refractivity contribution in [1.29, 1.82) is 5.26 Å². The Bertz CT molecular complexity index is 1340. The van der Waals surface area contributed by atoms with Gasteiger partial charge in [0.25, 0.3) is 0 Å². The molecule has 34 heavy (non-hydrogen) atoms. The second-order valence-electron chi connectivity index (χ2n) is 10.2. The molecule has 0 atom stereocenters. The highest BCUT2D eigenvalue weighted by Crippen LogP contribution is 2.46. The number of aryl methyl sites for hydroxylation is 1. The van der Waals surface area contributed by atoms with Crippen LogP contribution in [-0.4, -0.2) is 61.4 Å². The molecule has 2 saturated heterocycles. The van der Waals surface area contributed by atoms with E-state index in [1.54, 1.807) is 0 Å². The highest BCUT2D eigenvalue weighted by molar-refractivity contribution is 6.30. The molecule has 172 valence electrons. The normalized spacial score (nSPS) is 21.7. The van der Waals surface area contributed by atoms with Gasteiger partial charge in [-0.25, -0.2) is 9.97 Å². The lowest BCUT2D eigenvalue weighted by atomic mass is 9.73. The lowest BCUT2D eigenvalue weighted by molar-refractivity contribution is 0.153. The molecule has 1 spiro atoms. The summed E-state index contributed by atoms with van der Waals surface area (Å²) in [6.07, 6.45) is 3.63. The van der Waals surface area contributed by atoms with E-state index in [9.17, 15) is 5.26 Å². The highest BCUT2D eigenvalue weighted by atomic mass is 35.5. The maximum Gasteiger partial charge on any atom is 0.231 e. The molecule has 1 aromatic carbocycles. The van der Waals surface area contributed by atoms with Crippen LogP contribution >= 0.6 is 11.6 Å². The van der Waals surface area contributed by atoms with Gasteiger partial charge in [0.2, 0.25) is 5.95 Å². The van der Waals surface area contributed by atoms with Crippen molar-refractivity contribution >= 4 is 23.4 Å². The Labute approximate surface area is 202 Å². The first-order valence-electron chi connectivity index (χ1n) is 11.7. The molecular weight excluding hydrogens is 450 g/mol. The van der Waals surface area contributed by atoms with Gasteiger partial charge in [-0.15, -0.1) is 10.2 Å². The van der Waals surface area contributed by atoms with Gasteiger partial charge in [0.15, 0.2) is 5.82 Å². The summed E-state index contributed by atoms with van der Waals surface area (Å²) < 4.78 is 2.18. The van der Waals surface area contributed by atoms with Crippen molar-refractivity contribution < 1.29 is 0 Å². The summed E-state index contributed by atoms with van der Waals surface area (Å²) in [5, 5.41) is 19.7. The third-order valence-corrected chi connectivity index (χ3v) is 7.93. The second kappa shape index (κ2) is 6.90. The lowest BCUT2D eigenvalue weighted by Gasteiger charge is -2.60. The third kappa shape index (κ3) is 2.95. The number of nitriles is 1. The molecule has 0 amide bonds. The molecule has 9 nitrogen and oxygen atoms in total. The maximum atomic E-state index is 9.82. The van der Waals surface area contributed by atoms with E-state index in [1.807, 2.05) is 31.3 Å². The number of halogens is 1. The maximum absolute atomic E-state index is 9.82. The molecule has 3 aliphatic heterocycles. The highest BCUT2D eigenvalue weighted by Gasteiger charge is 2.54. The van der Waals surface area contributed by atoms with Crippen LogP contribution in [0.5, 0.6) is 0 Å². The van der Waals surface area contributed by atoms with Crippen LogP contribution in [0.1, 0.15) is 30.1 Å². The van der Waals surface area contributed by atoms with Crippen LogP contribution in [-0.2, 0) is 13.1 Å². The van der Waals surface area contributed by atoms with Crippen molar-refractivity contribution in [3.8, 4) is 11.8 Å². The van der Waals surface area contributed by atoms with Crippen LogP contribution in [0.3, 0.4) is 0 Å². The van der Waals surface area contributed by atoms with Gasteiger partial charge in [-0.2, -0.15) is 5.26 Å². The minimum Gasteiger partial charge on any atom is -0.355 e. The molecule has 4 aliphatic rings. The number of nitrogens with zero attached hydrogens (tertiary/aromatic N) is 9. The molecule has 1 aliphatic carbocycles. The Morgan fingerprint density at radius 1 is 1.03 bits per heavy atom. The summed E-state index contributed by atoms with van der Waals surface area (Å²) in [6.45, 7) is 7.09. The molecule has 3 aromatic rings. The predicted octanol–water partition coefficient (Wildman–Crippen LogP) is 2.72. The molecule has 0 N–H and O–H groups in total. The Hall–Kier alpha value is -3.22. The Morgan fingerprint density at radius 3 is 2.56 bits per heavy atom. The van der Waals surface area contributed by atoms with Gasteiger partial charge >= 0.3 is 0 Å². The van der Waals surface area contributed by atoms with Crippen molar-refractivity contribution in [1.82, 2.24) is 29.6 Å². The van der Waals surface area contributed by atoms with E-state index in [1.165, 1.54) is 0 Å². The van der Waals surface area contributed by atoms with E-state index < -0.39 is 5.54 Å². The molecule has 0 bridgehead atoms. The lowest BCUT2D eigenvalue weighted by Crippen LogP contribution is -2.73. The standard InChI is InChI=1S/C24H24ClN9/c1-16-27-7-4-20(28-16)31-12-23(13-31)14-32(15-23)22-30-29-21-10-33(24(11-26)5-6-24)9-17-8-18(25)2-3-19(17)34(21)22/h2-4,7-8H,5-6,9-10,12-15H2,1H3. The first-order chi connectivity index (χ1) is 16.5. The minimum atomic E-state index is -0.392. The Kier molecular flexibility index (Phi) is 4.10. The number of hydrogen-bond acceptors (Lipinski definition) is 8. The number of anilines is 2. The number of fused-ring (bicyclic) bond motifs is 3. The summed E-state index contributed by atoms with van der Waals surface area (Å²) >= 11 is 6.37. The van der Waals surface area contributed by atoms with Gasteiger partial charge < -0.3 is 9.80 Å². The van der Waals surface area contributed by atoms with E-state index in [0.717, 1.165) is 73.7 Å². The first-order valence-corrected chi connectivity index (χ1v) is 12.0. The monoisotopic (exact) mass is 473 g/mol. The van der Waals surface area contributed by atoms with Crippen LogP contribution in [0.15, 0.2) is 30.5 Å². The number of rotatable bonds is 3. The molecule has 1 saturated carbocycles. The Balaban J connectivity index is 1.16. The number of aromatic nitrogens is 5. The van der Waals surface area contributed by atoms with Crippen LogP contribution in [0.4, 0.5) is 11.8 Å².